The van der Waals surface area contributed by atoms with E-state index >= 15 is 0 Å². The highest BCUT2D eigenvalue weighted by atomic mass is 16.5. The normalized spacial score (nSPS) is 14.5. The van der Waals surface area contributed by atoms with Crippen LogP contribution in [-0.4, -0.2) is 20.3 Å². The fourth-order valence-corrected chi connectivity index (χ4v) is 2.64. The van der Waals surface area contributed by atoms with Crippen LogP contribution in [0.25, 0.3) is 0 Å². The number of rotatable bonds is 6. The predicted octanol–water partition coefficient (Wildman–Crippen LogP) is 2.49. The highest BCUT2D eigenvalue weighted by molar-refractivity contribution is 5.45. The van der Waals surface area contributed by atoms with Crippen LogP contribution in [0.2, 0.25) is 0 Å². The number of methoxy groups -OCH3 is 2. The zero-order valence-electron chi connectivity index (χ0n) is 12.8. The molecule has 3 N–H and O–H groups in total. The zero-order valence-corrected chi connectivity index (χ0v) is 12.8. The number of hydrogen-bond donors (Lipinski definition) is 2. The zero-order chi connectivity index (χ0) is 14.6. The van der Waals surface area contributed by atoms with E-state index in [1.165, 1.54) is 5.56 Å². The predicted molar refractivity (Wildman–Crippen MR) is 78.2 cm³/mol. The van der Waals surface area contributed by atoms with E-state index in [-0.39, 0.29) is 12.1 Å². The molecule has 0 saturated heterocycles. The number of hydrazine groups is 1. The number of hydrogen-bond acceptors (Lipinski definition) is 4. The summed E-state index contributed by atoms with van der Waals surface area (Å²) in [5.41, 5.74) is 6.28. The van der Waals surface area contributed by atoms with Crippen molar-refractivity contribution in [2.75, 3.05) is 14.2 Å². The van der Waals surface area contributed by atoms with Crippen molar-refractivity contribution in [3.8, 4) is 5.75 Å². The Kier molecular flexibility index (Phi) is 5.79. The lowest BCUT2D eigenvalue weighted by Crippen LogP contribution is -2.40. The molecule has 4 nitrogen and oxygen atoms in total. The molecule has 4 heteroatoms. The highest BCUT2D eigenvalue weighted by Crippen LogP contribution is 2.34. The molecule has 1 aromatic rings. The van der Waals surface area contributed by atoms with Crippen molar-refractivity contribution in [3.05, 3.63) is 28.8 Å². The lowest BCUT2D eigenvalue weighted by Gasteiger charge is -2.31. The molecule has 1 rings (SSSR count). The fraction of sp³-hybridized carbons (Fsp3) is 0.600. The van der Waals surface area contributed by atoms with E-state index < -0.39 is 0 Å². The van der Waals surface area contributed by atoms with Crippen LogP contribution in [0.15, 0.2) is 12.1 Å². The minimum absolute atomic E-state index is 0.0136. The van der Waals surface area contributed by atoms with Gasteiger partial charge in [-0.1, -0.05) is 19.9 Å². The molecule has 2 atom stereocenters. The standard InChI is InChI=1S/C15H26N2O2/c1-9(2)15(19-6)14(17-16)13-11(4)7-10(3)8-12(13)18-5/h7-9,14-15,17H,16H2,1-6H3. The van der Waals surface area contributed by atoms with Gasteiger partial charge >= 0.3 is 0 Å². The second-order valence-corrected chi connectivity index (χ2v) is 5.29. The Bertz CT molecular complexity index is 419. The molecule has 0 amide bonds. The average Bonchev–Trinajstić information content (AvgIpc) is 2.35. The van der Waals surface area contributed by atoms with Gasteiger partial charge in [0, 0.05) is 12.7 Å². The summed E-state index contributed by atoms with van der Waals surface area (Å²) >= 11 is 0. The van der Waals surface area contributed by atoms with E-state index in [1.807, 2.05) is 6.07 Å². The summed E-state index contributed by atoms with van der Waals surface area (Å²) in [6, 6.07) is 4.06. The lowest BCUT2D eigenvalue weighted by molar-refractivity contribution is 0.0318. The van der Waals surface area contributed by atoms with Crippen LogP contribution in [-0.2, 0) is 4.74 Å². The van der Waals surface area contributed by atoms with Gasteiger partial charge in [0.1, 0.15) is 5.75 Å². The Hall–Kier alpha value is -1.10. The van der Waals surface area contributed by atoms with E-state index in [1.54, 1.807) is 14.2 Å². The van der Waals surface area contributed by atoms with Crippen molar-refractivity contribution in [1.82, 2.24) is 5.43 Å². The van der Waals surface area contributed by atoms with Gasteiger partial charge in [-0.05, 0) is 37.0 Å². The van der Waals surface area contributed by atoms with Gasteiger partial charge in [0.25, 0.3) is 0 Å². The van der Waals surface area contributed by atoms with Gasteiger partial charge in [0.15, 0.2) is 0 Å². The summed E-state index contributed by atoms with van der Waals surface area (Å²) in [4.78, 5) is 0. The maximum atomic E-state index is 5.76. The van der Waals surface area contributed by atoms with Crippen molar-refractivity contribution < 1.29 is 9.47 Å². The van der Waals surface area contributed by atoms with Crippen LogP contribution in [0, 0.1) is 19.8 Å². The van der Waals surface area contributed by atoms with Gasteiger partial charge < -0.3 is 9.47 Å². The van der Waals surface area contributed by atoms with Gasteiger partial charge in [0.05, 0.1) is 19.3 Å². The summed E-state index contributed by atoms with van der Waals surface area (Å²) < 4.78 is 11.1. The van der Waals surface area contributed by atoms with Gasteiger partial charge in [-0.15, -0.1) is 0 Å². The lowest BCUT2D eigenvalue weighted by atomic mass is 9.90. The third-order valence-electron chi connectivity index (χ3n) is 3.46. The monoisotopic (exact) mass is 266 g/mol. The minimum atomic E-state index is -0.0967. The van der Waals surface area contributed by atoms with Crippen LogP contribution in [0.4, 0.5) is 0 Å². The van der Waals surface area contributed by atoms with E-state index in [0.717, 1.165) is 16.9 Å². The summed E-state index contributed by atoms with van der Waals surface area (Å²) in [5, 5.41) is 0. The molecule has 0 aromatic heterocycles. The summed E-state index contributed by atoms with van der Waals surface area (Å²) in [6.45, 7) is 8.37. The fourth-order valence-electron chi connectivity index (χ4n) is 2.64. The molecule has 0 bridgehead atoms. The number of nitrogens with one attached hydrogen (secondary N) is 1. The quantitative estimate of drug-likeness (QED) is 0.613. The van der Waals surface area contributed by atoms with E-state index in [2.05, 4.69) is 39.2 Å². The SMILES string of the molecule is COc1cc(C)cc(C)c1C(NN)C(OC)C(C)C. The first kappa shape index (κ1) is 16.0. The molecule has 0 spiro atoms. The summed E-state index contributed by atoms with van der Waals surface area (Å²) in [5.74, 6) is 6.96. The van der Waals surface area contributed by atoms with Crippen molar-refractivity contribution in [3.63, 3.8) is 0 Å². The number of ether oxygens (including phenoxy) is 2. The first-order valence-corrected chi connectivity index (χ1v) is 6.60. The summed E-state index contributed by atoms with van der Waals surface area (Å²) in [7, 11) is 3.40. The summed E-state index contributed by atoms with van der Waals surface area (Å²) in [6.07, 6.45) is -0.0136. The second-order valence-electron chi connectivity index (χ2n) is 5.29. The van der Waals surface area contributed by atoms with Crippen molar-refractivity contribution >= 4 is 0 Å². The van der Waals surface area contributed by atoms with Gasteiger partial charge in [-0.3, -0.25) is 11.3 Å². The Morgan fingerprint density at radius 2 is 1.79 bits per heavy atom. The maximum Gasteiger partial charge on any atom is 0.124 e. The Morgan fingerprint density at radius 1 is 1.16 bits per heavy atom. The molecule has 0 radical (unpaired) electrons. The third-order valence-corrected chi connectivity index (χ3v) is 3.46. The van der Waals surface area contributed by atoms with Gasteiger partial charge in [0.2, 0.25) is 0 Å². The molecule has 1 aromatic carbocycles. The molecule has 0 aliphatic carbocycles. The molecule has 2 unspecified atom stereocenters. The van der Waals surface area contributed by atoms with Crippen molar-refractivity contribution in [2.45, 2.75) is 39.8 Å². The van der Waals surface area contributed by atoms with E-state index in [0.29, 0.717) is 5.92 Å². The van der Waals surface area contributed by atoms with Crippen LogP contribution in [0.3, 0.4) is 0 Å². The largest absolute Gasteiger partial charge is 0.496 e. The molecule has 0 aliphatic rings. The molecular formula is C15H26N2O2. The van der Waals surface area contributed by atoms with Crippen LogP contribution < -0.4 is 16.0 Å². The molecule has 0 heterocycles. The first-order valence-electron chi connectivity index (χ1n) is 6.60. The Morgan fingerprint density at radius 3 is 2.21 bits per heavy atom. The van der Waals surface area contributed by atoms with Crippen LogP contribution in [0.1, 0.15) is 36.6 Å². The first-order chi connectivity index (χ1) is 8.96. The van der Waals surface area contributed by atoms with E-state index in [4.69, 9.17) is 15.3 Å². The topological polar surface area (TPSA) is 56.5 Å². The number of nitrogens with two attached hydrogens (primary N) is 1. The molecule has 108 valence electrons. The van der Waals surface area contributed by atoms with Crippen LogP contribution >= 0.6 is 0 Å². The van der Waals surface area contributed by atoms with Gasteiger partial charge in [-0.2, -0.15) is 0 Å². The van der Waals surface area contributed by atoms with E-state index in [9.17, 15) is 0 Å². The average molecular weight is 266 g/mol. The second kappa shape index (κ2) is 6.89. The Labute approximate surface area is 116 Å². The van der Waals surface area contributed by atoms with Crippen LogP contribution in [0.5, 0.6) is 5.75 Å². The molecule has 19 heavy (non-hydrogen) atoms. The number of benzene rings is 1. The smallest absolute Gasteiger partial charge is 0.124 e. The molecule has 0 fully saturated rings. The van der Waals surface area contributed by atoms with Crippen molar-refractivity contribution in [2.24, 2.45) is 11.8 Å². The number of aryl methyl sites for hydroxylation is 2. The molecule has 0 aliphatic heterocycles. The minimum Gasteiger partial charge on any atom is -0.496 e. The van der Waals surface area contributed by atoms with Gasteiger partial charge in [-0.25, -0.2) is 0 Å². The maximum absolute atomic E-state index is 5.76. The van der Waals surface area contributed by atoms with Crippen molar-refractivity contribution in [1.29, 1.82) is 0 Å². The highest BCUT2D eigenvalue weighted by Gasteiger charge is 2.28. The third kappa shape index (κ3) is 3.47. The Balaban J connectivity index is 3.31. The molecule has 0 saturated carbocycles. The molecular weight excluding hydrogens is 240 g/mol.